The first-order valence-electron chi connectivity index (χ1n) is 5.43. The molecule has 0 aromatic heterocycles. The SMILES string of the molecule is CN(C(=O)CNCCCC(F)(F)F)C1CC1. The smallest absolute Gasteiger partial charge is 0.342 e. The minimum atomic E-state index is -4.10. The number of halogens is 3. The maximum Gasteiger partial charge on any atom is 0.389 e. The molecule has 0 aromatic carbocycles. The molecule has 1 aliphatic rings. The average molecular weight is 238 g/mol. The van der Waals surface area contributed by atoms with Crippen molar-refractivity contribution < 1.29 is 18.0 Å². The summed E-state index contributed by atoms with van der Waals surface area (Å²) >= 11 is 0. The molecule has 0 unspecified atom stereocenters. The Morgan fingerprint density at radius 2 is 2.06 bits per heavy atom. The van der Waals surface area contributed by atoms with Gasteiger partial charge in [-0.3, -0.25) is 4.79 Å². The number of carbonyl (C=O) groups excluding carboxylic acids is 1. The fraction of sp³-hybridized carbons (Fsp3) is 0.900. The Hall–Kier alpha value is -0.780. The van der Waals surface area contributed by atoms with Crippen LogP contribution in [-0.4, -0.2) is 43.2 Å². The van der Waals surface area contributed by atoms with E-state index in [1.54, 1.807) is 11.9 Å². The van der Waals surface area contributed by atoms with Crippen molar-refractivity contribution >= 4 is 5.91 Å². The lowest BCUT2D eigenvalue weighted by Gasteiger charge is -2.16. The quantitative estimate of drug-likeness (QED) is 0.712. The maximum atomic E-state index is 11.8. The van der Waals surface area contributed by atoms with E-state index in [4.69, 9.17) is 0 Å². The van der Waals surface area contributed by atoms with Crippen LogP contribution in [0.2, 0.25) is 0 Å². The molecule has 0 aromatic rings. The summed E-state index contributed by atoms with van der Waals surface area (Å²) in [7, 11) is 1.73. The number of carbonyl (C=O) groups is 1. The van der Waals surface area contributed by atoms with Crippen molar-refractivity contribution in [2.45, 2.75) is 37.9 Å². The molecule has 1 rings (SSSR count). The summed E-state index contributed by atoms with van der Waals surface area (Å²) in [5, 5.41) is 2.73. The van der Waals surface area contributed by atoms with Crippen LogP contribution in [0.3, 0.4) is 0 Å². The third kappa shape index (κ3) is 5.34. The highest BCUT2D eigenvalue weighted by molar-refractivity contribution is 5.78. The predicted octanol–water partition coefficient (Wildman–Crippen LogP) is 1.54. The molecular weight excluding hydrogens is 221 g/mol. The Kier molecular flexibility index (Phi) is 4.58. The highest BCUT2D eigenvalue weighted by Crippen LogP contribution is 2.25. The minimum Gasteiger partial charge on any atom is -0.342 e. The number of nitrogens with one attached hydrogen (secondary N) is 1. The van der Waals surface area contributed by atoms with Crippen molar-refractivity contribution in [2.75, 3.05) is 20.1 Å². The molecule has 1 amide bonds. The first kappa shape index (κ1) is 13.3. The van der Waals surface area contributed by atoms with Crippen LogP contribution < -0.4 is 5.32 Å². The lowest BCUT2D eigenvalue weighted by atomic mass is 10.3. The van der Waals surface area contributed by atoms with Crippen molar-refractivity contribution in [3.63, 3.8) is 0 Å². The van der Waals surface area contributed by atoms with Gasteiger partial charge in [0, 0.05) is 19.5 Å². The normalized spacial score (nSPS) is 16.2. The highest BCUT2D eigenvalue weighted by atomic mass is 19.4. The molecule has 1 N–H and O–H groups in total. The molecule has 3 nitrogen and oxygen atoms in total. The number of amides is 1. The van der Waals surface area contributed by atoms with Gasteiger partial charge in [0.15, 0.2) is 0 Å². The molecule has 0 saturated heterocycles. The molecule has 1 aliphatic carbocycles. The van der Waals surface area contributed by atoms with Gasteiger partial charge in [0.1, 0.15) is 0 Å². The Bertz CT molecular complexity index is 239. The maximum absolute atomic E-state index is 11.8. The van der Waals surface area contributed by atoms with Crippen LogP contribution in [0.1, 0.15) is 25.7 Å². The summed E-state index contributed by atoms with van der Waals surface area (Å²) in [6.07, 6.45) is -2.81. The zero-order chi connectivity index (χ0) is 12.2. The summed E-state index contributed by atoms with van der Waals surface area (Å²) in [4.78, 5) is 13.1. The molecule has 1 saturated carbocycles. The van der Waals surface area contributed by atoms with Crippen LogP contribution in [0.25, 0.3) is 0 Å². The van der Waals surface area contributed by atoms with Crippen LogP contribution in [0, 0.1) is 0 Å². The van der Waals surface area contributed by atoms with E-state index in [-0.39, 0.29) is 25.4 Å². The molecule has 94 valence electrons. The average Bonchev–Trinajstić information content (AvgIpc) is 2.97. The number of alkyl halides is 3. The van der Waals surface area contributed by atoms with Gasteiger partial charge in [-0.25, -0.2) is 0 Å². The molecular formula is C10H17F3N2O. The summed E-state index contributed by atoms with van der Waals surface area (Å²) in [5.74, 6) is -0.0468. The van der Waals surface area contributed by atoms with E-state index >= 15 is 0 Å². The Morgan fingerprint density at radius 1 is 1.44 bits per heavy atom. The van der Waals surface area contributed by atoms with E-state index in [0.717, 1.165) is 12.8 Å². The number of hydrogen-bond donors (Lipinski definition) is 1. The van der Waals surface area contributed by atoms with E-state index in [9.17, 15) is 18.0 Å². The summed E-state index contributed by atoms with van der Waals surface area (Å²) < 4.78 is 35.3. The zero-order valence-electron chi connectivity index (χ0n) is 9.31. The van der Waals surface area contributed by atoms with Gasteiger partial charge < -0.3 is 10.2 Å². The molecule has 0 bridgehead atoms. The van der Waals surface area contributed by atoms with Gasteiger partial charge in [0.25, 0.3) is 0 Å². The molecule has 0 spiro atoms. The van der Waals surface area contributed by atoms with E-state index in [1.807, 2.05) is 0 Å². The van der Waals surface area contributed by atoms with Crippen LogP contribution in [0.15, 0.2) is 0 Å². The van der Waals surface area contributed by atoms with Gasteiger partial charge in [0.05, 0.1) is 6.54 Å². The standard InChI is InChI=1S/C10H17F3N2O/c1-15(8-3-4-8)9(16)7-14-6-2-5-10(11,12)13/h8,14H,2-7H2,1H3. The second-order valence-electron chi connectivity index (χ2n) is 4.13. The molecule has 0 aliphatic heterocycles. The number of rotatable bonds is 6. The topological polar surface area (TPSA) is 32.3 Å². The predicted molar refractivity (Wildman–Crippen MR) is 54.0 cm³/mol. The van der Waals surface area contributed by atoms with Crippen LogP contribution in [0.5, 0.6) is 0 Å². The first-order chi connectivity index (χ1) is 7.40. The van der Waals surface area contributed by atoms with Gasteiger partial charge in [-0.05, 0) is 25.8 Å². The first-order valence-corrected chi connectivity index (χ1v) is 5.43. The van der Waals surface area contributed by atoms with Crippen molar-refractivity contribution in [1.82, 2.24) is 10.2 Å². The van der Waals surface area contributed by atoms with E-state index in [0.29, 0.717) is 6.04 Å². The largest absolute Gasteiger partial charge is 0.389 e. The molecule has 0 atom stereocenters. The van der Waals surface area contributed by atoms with Crippen molar-refractivity contribution in [3.8, 4) is 0 Å². The van der Waals surface area contributed by atoms with E-state index in [2.05, 4.69) is 5.32 Å². The molecule has 1 fully saturated rings. The lowest BCUT2D eigenvalue weighted by molar-refractivity contribution is -0.135. The van der Waals surface area contributed by atoms with Crippen LogP contribution >= 0.6 is 0 Å². The Balaban J connectivity index is 2.00. The Morgan fingerprint density at radius 3 is 2.56 bits per heavy atom. The second kappa shape index (κ2) is 5.52. The lowest BCUT2D eigenvalue weighted by Crippen LogP contribution is -2.37. The minimum absolute atomic E-state index is 0.0178. The summed E-state index contributed by atoms with van der Waals surface area (Å²) in [5.41, 5.74) is 0. The third-order valence-corrected chi connectivity index (χ3v) is 2.58. The molecule has 16 heavy (non-hydrogen) atoms. The van der Waals surface area contributed by atoms with Gasteiger partial charge in [0.2, 0.25) is 5.91 Å². The van der Waals surface area contributed by atoms with Crippen molar-refractivity contribution in [2.24, 2.45) is 0 Å². The second-order valence-corrected chi connectivity index (χ2v) is 4.13. The number of likely N-dealkylation sites (N-methyl/N-ethyl adjacent to an activating group) is 1. The van der Waals surface area contributed by atoms with Gasteiger partial charge in [-0.1, -0.05) is 0 Å². The van der Waals surface area contributed by atoms with Crippen molar-refractivity contribution in [3.05, 3.63) is 0 Å². The van der Waals surface area contributed by atoms with Gasteiger partial charge in [-0.15, -0.1) is 0 Å². The number of nitrogens with zero attached hydrogens (tertiary/aromatic N) is 1. The summed E-state index contributed by atoms with van der Waals surface area (Å²) in [6, 6.07) is 0.351. The molecule has 0 radical (unpaired) electrons. The van der Waals surface area contributed by atoms with Crippen LogP contribution in [-0.2, 0) is 4.79 Å². The molecule has 0 heterocycles. The highest BCUT2D eigenvalue weighted by Gasteiger charge is 2.29. The fourth-order valence-corrected chi connectivity index (χ4v) is 1.40. The van der Waals surface area contributed by atoms with Gasteiger partial charge in [-0.2, -0.15) is 13.2 Å². The summed E-state index contributed by atoms with van der Waals surface area (Å²) in [6.45, 7) is 0.356. The fourth-order valence-electron chi connectivity index (χ4n) is 1.40. The molecule has 6 heteroatoms. The monoisotopic (exact) mass is 238 g/mol. The zero-order valence-corrected chi connectivity index (χ0v) is 9.31. The Labute approximate surface area is 93.0 Å². The number of hydrogen-bond acceptors (Lipinski definition) is 2. The van der Waals surface area contributed by atoms with Crippen molar-refractivity contribution in [1.29, 1.82) is 0 Å². The van der Waals surface area contributed by atoms with Gasteiger partial charge >= 0.3 is 6.18 Å². The third-order valence-electron chi connectivity index (χ3n) is 2.58. The van der Waals surface area contributed by atoms with Crippen LogP contribution in [0.4, 0.5) is 13.2 Å². The van der Waals surface area contributed by atoms with E-state index < -0.39 is 12.6 Å². The van der Waals surface area contributed by atoms with E-state index in [1.165, 1.54) is 0 Å².